The number of ether oxygens (including phenoxy) is 1. The number of H-pyrrole nitrogens is 1. The molecule has 1 aliphatic carbocycles. The summed E-state index contributed by atoms with van der Waals surface area (Å²) < 4.78 is 32.9. The van der Waals surface area contributed by atoms with Crippen LogP contribution in [0.1, 0.15) is 24.8 Å². The summed E-state index contributed by atoms with van der Waals surface area (Å²) in [5, 5.41) is 5.90. The first-order valence-corrected chi connectivity index (χ1v) is 11.7. The Balaban J connectivity index is 1.40. The van der Waals surface area contributed by atoms with E-state index >= 15 is 0 Å². The molecule has 2 atom stereocenters. The van der Waals surface area contributed by atoms with Crippen LogP contribution in [-0.4, -0.2) is 46.0 Å². The number of hydrogen-bond acceptors (Lipinski definition) is 8. The van der Waals surface area contributed by atoms with E-state index in [0.29, 0.717) is 29.3 Å². The number of pyridine rings is 1. The minimum absolute atomic E-state index is 0.0552. The van der Waals surface area contributed by atoms with E-state index in [-0.39, 0.29) is 18.6 Å². The van der Waals surface area contributed by atoms with E-state index in [1.54, 1.807) is 6.20 Å². The van der Waals surface area contributed by atoms with Gasteiger partial charge in [0.05, 0.1) is 12.1 Å². The van der Waals surface area contributed by atoms with Gasteiger partial charge in [-0.3, -0.25) is 9.17 Å². The standard InChI is InChI=1S/C21H22N6O4S/c1-12-2-5-15-16(6-7-23-17(15)8-12)19-26-18-20(27-19)24-11-25-21(18)31-14-4-3-13(9-14)10-30-32(22,28)29/h2,5-8,11,13-14H,3-4,9-10H2,1H3,(H2,22,28,29)(H,24,25,26,27)/t13-,14-/m0/s1. The fourth-order valence-corrected chi connectivity index (χ4v) is 4.51. The van der Waals surface area contributed by atoms with Gasteiger partial charge in [0.25, 0.3) is 0 Å². The third-order valence-electron chi connectivity index (χ3n) is 5.65. The van der Waals surface area contributed by atoms with E-state index in [9.17, 15) is 8.42 Å². The number of nitrogens with two attached hydrogens (primary N) is 1. The second-order valence-electron chi connectivity index (χ2n) is 8.04. The molecule has 0 unspecified atom stereocenters. The maximum absolute atomic E-state index is 11.0. The van der Waals surface area contributed by atoms with Crippen LogP contribution in [0.25, 0.3) is 33.5 Å². The summed E-state index contributed by atoms with van der Waals surface area (Å²) in [5.41, 5.74) is 4.07. The Morgan fingerprint density at radius 1 is 1.19 bits per heavy atom. The van der Waals surface area contributed by atoms with Gasteiger partial charge in [0.2, 0.25) is 5.88 Å². The second kappa shape index (κ2) is 8.08. The highest BCUT2D eigenvalue weighted by molar-refractivity contribution is 7.84. The molecule has 32 heavy (non-hydrogen) atoms. The lowest BCUT2D eigenvalue weighted by Crippen LogP contribution is -2.20. The van der Waals surface area contributed by atoms with Crippen molar-refractivity contribution in [1.29, 1.82) is 0 Å². The van der Waals surface area contributed by atoms with Gasteiger partial charge in [-0.05, 0) is 49.8 Å². The van der Waals surface area contributed by atoms with Crippen molar-refractivity contribution < 1.29 is 17.3 Å². The van der Waals surface area contributed by atoms with Crippen LogP contribution < -0.4 is 9.88 Å². The van der Waals surface area contributed by atoms with Crippen LogP contribution in [0.2, 0.25) is 0 Å². The summed E-state index contributed by atoms with van der Waals surface area (Å²) in [7, 11) is -3.94. The topological polar surface area (TPSA) is 146 Å². The zero-order chi connectivity index (χ0) is 22.3. The Hall–Kier alpha value is -3.15. The molecule has 0 aliphatic heterocycles. The molecule has 11 heteroatoms. The molecule has 1 aromatic carbocycles. The number of aromatic nitrogens is 5. The van der Waals surface area contributed by atoms with E-state index in [0.717, 1.165) is 34.9 Å². The Bertz CT molecular complexity index is 1400. The smallest absolute Gasteiger partial charge is 0.333 e. The number of hydrogen-bond donors (Lipinski definition) is 2. The van der Waals surface area contributed by atoms with E-state index in [2.05, 4.69) is 24.9 Å². The van der Waals surface area contributed by atoms with E-state index in [1.165, 1.54) is 6.33 Å². The highest BCUT2D eigenvalue weighted by atomic mass is 32.2. The summed E-state index contributed by atoms with van der Waals surface area (Å²) >= 11 is 0. The molecule has 1 aliphatic rings. The molecule has 3 N–H and O–H groups in total. The lowest BCUT2D eigenvalue weighted by molar-refractivity contribution is 0.186. The van der Waals surface area contributed by atoms with Crippen LogP contribution in [0.4, 0.5) is 0 Å². The van der Waals surface area contributed by atoms with Crippen molar-refractivity contribution in [1.82, 2.24) is 24.9 Å². The average Bonchev–Trinajstić information content (AvgIpc) is 3.38. The van der Waals surface area contributed by atoms with Gasteiger partial charge in [-0.1, -0.05) is 12.1 Å². The SMILES string of the molecule is Cc1ccc2c(-c3nc4ncnc(O[C@H]5CC[C@H](COS(N)(=O)=O)C5)c4[nH]3)ccnc2c1. The summed E-state index contributed by atoms with van der Waals surface area (Å²) in [6.45, 7) is 2.09. The van der Waals surface area contributed by atoms with Crippen LogP contribution in [0, 0.1) is 12.8 Å². The Kier molecular flexibility index (Phi) is 5.24. The average molecular weight is 455 g/mol. The van der Waals surface area contributed by atoms with Gasteiger partial charge < -0.3 is 9.72 Å². The normalized spacial score (nSPS) is 19.1. The molecule has 1 fully saturated rings. The van der Waals surface area contributed by atoms with Crippen LogP contribution >= 0.6 is 0 Å². The fourth-order valence-electron chi connectivity index (χ4n) is 4.13. The van der Waals surface area contributed by atoms with Crippen LogP contribution in [-0.2, 0) is 14.5 Å². The number of nitrogens with zero attached hydrogens (tertiary/aromatic N) is 4. The third-order valence-corrected chi connectivity index (χ3v) is 6.11. The van der Waals surface area contributed by atoms with Crippen LogP contribution in [0.15, 0.2) is 36.8 Å². The van der Waals surface area contributed by atoms with Gasteiger partial charge in [0.15, 0.2) is 5.65 Å². The van der Waals surface area contributed by atoms with Gasteiger partial charge >= 0.3 is 10.3 Å². The van der Waals surface area contributed by atoms with Crippen molar-refractivity contribution in [3.8, 4) is 17.3 Å². The van der Waals surface area contributed by atoms with Crippen molar-refractivity contribution in [2.45, 2.75) is 32.3 Å². The van der Waals surface area contributed by atoms with Gasteiger partial charge in [-0.2, -0.15) is 13.4 Å². The summed E-state index contributed by atoms with van der Waals surface area (Å²) in [4.78, 5) is 21.0. The molecule has 0 radical (unpaired) electrons. The highest BCUT2D eigenvalue weighted by Gasteiger charge is 2.28. The van der Waals surface area contributed by atoms with Crippen molar-refractivity contribution in [2.24, 2.45) is 11.1 Å². The zero-order valence-corrected chi connectivity index (χ0v) is 18.2. The molecule has 0 bridgehead atoms. The molecule has 0 spiro atoms. The number of rotatable bonds is 6. The quantitative estimate of drug-likeness (QED) is 0.452. The largest absolute Gasteiger partial charge is 0.473 e. The molecule has 0 amide bonds. The van der Waals surface area contributed by atoms with Crippen LogP contribution in [0.3, 0.4) is 0 Å². The summed E-state index contributed by atoms with van der Waals surface area (Å²) in [6.07, 6.45) is 5.27. The number of imidazole rings is 1. The van der Waals surface area contributed by atoms with Crippen molar-refractivity contribution in [3.05, 3.63) is 42.4 Å². The van der Waals surface area contributed by atoms with E-state index in [4.69, 9.17) is 14.1 Å². The molecular weight excluding hydrogens is 432 g/mol. The third kappa shape index (κ3) is 4.27. The maximum Gasteiger partial charge on any atom is 0.333 e. The predicted octanol–water partition coefficient (Wildman–Crippen LogP) is 2.64. The minimum atomic E-state index is -3.94. The summed E-state index contributed by atoms with van der Waals surface area (Å²) in [6, 6.07) is 8.02. The van der Waals surface area contributed by atoms with Gasteiger partial charge in [-0.25, -0.2) is 15.1 Å². The number of fused-ring (bicyclic) bond motifs is 2. The maximum atomic E-state index is 11.0. The lowest BCUT2D eigenvalue weighted by Gasteiger charge is -2.13. The predicted molar refractivity (Wildman–Crippen MR) is 118 cm³/mol. The second-order valence-corrected chi connectivity index (χ2v) is 9.26. The molecule has 5 rings (SSSR count). The molecule has 0 saturated heterocycles. The number of aromatic amines is 1. The van der Waals surface area contributed by atoms with Crippen molar-refractivity contribution >= 4 is 32.4 Å². The van der Waals surface area contributed by atoms with Gasteiger partial charge in [0.1, 0.15) is 23.8 Å². The Labute approximate surface area is 184 Å². The van der Waals surface area contributed by atoms with E-state index in [1.807, 2.05) is 31.2 Å². The zero-order valence-electron chi connectivity index (χ0n) is 17.4. The Morgan fingerprint density at radius 3 is 2.91 bits per heavy atom. The number of nitrogens with one attached hydrogen (secondary N) is 1. The fraction of sp³-hybridized carbons (Fsp3) is 0.333. The molecule has 3 aromatic heterocycles. The molecule has 4 aromatic rings. The van der Waals surface area contributed by atoms with Crippen molar-refractivity contribution in [3.63, 3.8) is 0 Å². The molecular formula is C21H22N6O4S. The first kappa shape index (κ1) is 20.7. The molecule has 166 valence electrons. The first-order chi connectivity index (χ1) is 15.4. The minimum Gasteiger partial charge on any atom is -0.473 e. The monoisotopic (exact) mass is 454 g/mol. The van der Waals surface area contributed by atoms with Gasteiger partial charge in [0, 0.05) is 17.1 Å². The molecule has 10 nitrogen and oxygen atoms in total. The van der Waals surface area contributed by atoms with Crippen LogP contribution in [0.5, 0.6) is 5.88 Å². The molecule has 1 saturated carbocycles. The van der Waals surface area contributed by atoms with E-state index < -0.39 is 10.3 Å². The first-order valence-electron chi connectivity index (χ1n) is 10.3. The summed E-state index contributed by atoms with van der Waals surface area (Å²) in [5.74, 6) is 1.13. The highest BCUT2D eigenvalue weighted by Crippen LogP contribution is 2.33. The number of aryl methyl sites for hydroxylation is 1. The van der Waals surface area contributed by atoms with Crippen molar-refractivity contribution in [2.75, 3.05) is 6.61 Å². The molecule has 3 heterocycles. The Morgan fingerprint density at radius 2 is 2.06 bits per heavy atom. The van der Waals surface area contributed by atoms with Gasteiger partial charge in [-0.15, -0.1) is 0 Å². The number of benzene rings is 1. The lowest BCUT2D eigenvalue weighted by atomic mass is 10.1.